The number of aromatic nitrogens is 3. The molecular weight excluding hydrogens is 236 g/mol. The molecule has 0 aliphatic rings. The van der Waals surface area contributed by atoms with Crippen LogP contribution in [-0.4, -0.2) is 20.6 Å². The normalized spacial score (nSPS) is 11.2. The van der Waals surface area contributed by atoms with Crippen molar-refractivity contribution in [3.63, 3.8) is 0 Å². The molecule has 4 heteroatoms. The van der Waals surface area contributed by atoms with Gasteiger partial charge < -0.3 is 5.32 Å². The van der Waals surface area contributed by atoms with E-state index in [0.717, 1.165) is 30.3 Å². The first-order chi connectivity index (χ1) is 9.10. The zero-order chi connectivity index (χ0) is 13.8. The van der Waals surface area contributed by atoms with E-state index in [1.165, 1.54) is 5.56 Å². The summed E-state index contributed by atoms with van der Waals surface area (Å²) in [6.45, 7) is 9.31. The maximum Gasteiger partial charge on any atom is 0.138 e. The van der Waals surface area contributed by atoms with Crippen molar-refractivity contribution in [2.24, 2.45) is 0 Å². The number of nitrogens with zero attached hydrogens (tertiary/aromatic N) is 3. The number of aryl methyl sites for hydroxylation is 2. The Balaban J connectivity index is 2.31. The van der Waals surface area contributed by atoms with Crippen molar-refractivity contribution in [2.75, 3.05) is 0 Å². The fourth-order valence-electron chi connectivity index (χ4n) is 2.07. The molecule has 0 saturated heterocycles. The van der Waals surface area contributed by atoms with Gasteiger partial charge in [0, 0.05) is 37.1 Å². The van der Waals surface area contributed by atoms with Gasteiger partial charge >= 0.3 is 0 Å². The van der Waals surface area contributed by atoms with Crippen molar-refractivity contribution in [2.45, 2.75) is 46.7 Å². The standard InChI is InChI=1S/C15H22N4/c1-5-14-16-6-7-19(14)15-9-13(8-12(4)18-15)10-17-11(2)3/h6-9,11,17H,5,10H2,1-4H3. The third-order valence-corrected chi connectivity index (χ3v) is 2.99. The number of hydrogen-bond donors (Lipinski definition) is 1. The van der Waals surface area contributed by atoms with Crippen LogP contribution in [0, 0.1) is 6.92 Å². The van der Waals surface area contributed by atoms with Crippen LogP contribution in [-0.2, 0) is 13.0 Å². The second-order valence-electron chi connectivity index (χ2n) is 5.08. The Morgan fingerprint density at radius 3 is 2.79 bits per heavy atom. The summed E-state index contributed by atoms with van der Waals surface area (Å²) < 4.78 is 2.06. The first-order valence-electron chi connectivity index (χ1n) is 6.83. The lowest BCUT2D eigenvalue weighted by atomic mass is 10.2. The van der Waals surface area contributed by atoms with Gasteiger partial charge in [0.2, 0.25) is 0 Å². The summed E-state index contributed by atoms with van der Waals surface area (Å²) in [6, 6.07) is 4.74. The Bertz CT molecular complexity index is 543. The van der Waals surface area contributed by atoms with Crippen molar-refractivity contribution in [3.05, 3.63) is 41.6 Å². The fourth-order valence-corrected chi connectivity index (χ4v) is 2.07. The maximum atomic E-state index is 4.61. The summed E-state index contributed by atoms with van der Waals surface area (Å²) in [6.07, 6.45) is 4.71. The first kappa shape index (κ1) is 13.7. The van der Waals surface area contributed by atoms with Crippen LogP contribution in [0.1, 0.15) is 37.9 Å². The summed E-state index contributed by atoms with van der Waals surface area (Å²) in [5.74, 6) is 2.00. The zero-order valence-corrected chi connectivity index (χ0v) is 12.1. The predicted octanol–water partition coefficient (Wildman–Crippen LogP) is 2.64. The van der Waals surface area contributed by atoms with Crippen LogP contribution in [0.5, 0.6) is 0 Å². The Kier molecular flexibility index (Phi) is 4.32. The predicted molar refractivity (Wildman–Crippen MR) is 77.4 cm³/mol. The Labute approximate surface area is 114 Å². The highest BCUT2D eigenvalue weighted by atomic mass is 15.1. The van der Waals surface area contributed by atoms with E-state index < -0.39 is 0 Å². The molecule has 0 aromatic carbocycles. The Morgan fingerprint density at radius 2 is 2.11 bits per heavy atom. The van der Waals surface area contributed by atoms with Crippen molar-refractivity contribution in [1.82, 2.24) is 19.9 Å². The molecular formula is C15H22N4. The molecule has 0 radical (unpaired) electrons. The molecule has 102 valence electrons. The molecule has 0 bridgehead atoms. The van der Waals surface area contributed by atoms with E-state index in [-0.39, 0.29) is 0 Å². The highest BCUT2D eigenvalue weighted by Crippen LogP contribution is 2.13. The molecule has 2 heterocycles. The van der Waals surface area contributed by atoms with Gasteiger partial charge in [0.1, 0.15) is 11.6 Å². The highest BCUT2D eigenvalue weighted by Gasteiger charge is 2.07. The molecule has 2 aromatic heterocycles. The second kappa shape index (κ2) is 5.97. The van der Waals surface area contributed by atoms with E-state index in [2.05, 4.69) is 52.8 Å². The highest BCUT2D eigenvalue weighted by molar-refractivity contribution is 5.32. The molecule has 0 unspecified atom stereocenters. The molecule has 2 aromatic rings. The Hall–Kier alpha value is -1.68. The van der Waals surface area contributed by atoms with Gasteiger partial charge in [-0.3, -0.25) is 4.57 Å². The molecule has 0 spiro atoms. The number of rotatable bonds is 5. The fraction of sp³-hybridized carbons (Fsp3) is 0.467. The van der Waals surface area contributed by atoms with Gasteiger partial charge in [0.25, 0.3) is 0 Å². The first-order valence-corrected chi connectivity index (χ1v) is 6.83. The average Bonchev–Trinajstić information content (AvgIpc) is 2.84. The molecule has 4 nitrogen and oxygen atoms in total. The van der Waals surface area contributed by atoms with Gasteiger partial charge in [0.15, 0.2) is 0 Å². The van der Waals surface area contributed by atoms with Crippen LogP contribution in [0.2, 0.25) is 0 Å². The molecule has 0 atom stereocenters. The monoisotopic (exact) mass is 258 g/mol. The van der Waals surface area contributed by atoms with Crippen molar-refractivity contribution in [3.8, 4) is 5.82 Å². The van der Waals surface area contributed by atoms with Crippen LogP contribution in [0.25, 0.3) is 5.82 Å². The zero-order valence-electron chi connectivity index (χ0n) is 12.1. The number of hydrogen-bond acceptors (Lipinski definition) is 3. The van der Waals surface area contributed by atoms with Crippen molar-refractivity contribution < 1.29 is 0 Å². The summed E-state index contributed by atoms with van der Waals surface area (Å²) in [5.41, 5.74) is 2.29. The van der Waals surface area contributed by atoms with Gasteiger partial charge in [-0.15, -0.1) is 0 Å². The minimum atomic E-state index is 0.483. The van der Waals surface area contributed by atoms with Crippen LogP contribution in [0.3, 0.4) is 0 Å². The lowest BCUT2D eigenvalue weighted by Gasteiger charge is -2.12. The quantitative estimate of drug-likeness (QED) is 0.896. The lowest BCUT2D eigenvalue weighted by molar-refractivity contribution is 0.588. The van der Waals surface area contributed by atoms with E-state index in [1.807, 2.05) is 19.3 Å². The molecule has 0 aliphatic carbocycles. The van der Waals surface area contributed by atoms with Crippen LogP contribution < -0.4 is 5.32 Å². The van der Waals surface area contributed by atoms with E-state index in [1.54, 1.807) is 0 Å². The Morgan fingerprint density at radius 1 is 1.32 bits per heavy atom. The molecule has 2 rings (SSSR count). The molecule has 1 N–H and O–H groups in total. The van der Waals surface area contributed by atoms with E-state index in [9.17, 15) is 0 Å². The lowest BCUT2D eigenvalue weighted by Crippen LogP contribution is -2.22. The topological polar surface area (TPSA) is 42.7 Å². The summed E-state index contributed by atoms with van der Waals surface area (Å²) in [7, 11) is 0. The summed E-state index contributed by atoms with van der Waals surface area (Å²) in [4.78, 5) is 8.96. The van der Waals surface area contributed by atoms with Gasteiger partial charge in [-0.05, 0) is 24.6 Å². The molecule has 0 aliphatic heterocycles. The minimum Gasteiger partial charge on any atom is -0.310 e. The third kappa shape index (κ3) is 3.41. The van der Waals surface area contributed by atoms with E-state index >= 15 is 0 Å². The van der Waals surface area contributed by atoms with Crippen LogP contribution in [0.15, 0.2) is 24.5 Å². The van der Waals surface area contributed by atoms with Crippen molar-refractivity contribution >= 4 is 0 Å². The van der Waals surface area contributed by atoms with Gasteiger partial charge in [-0.1, -0.05) is 20.8 Å². The van der Waals surface area contributed by atoms with Gasteiger partial charge in [0.05, 0.1) is 0 Å². The average molecular weight is 258 g/mol. The third-order valence-electron chi connectivity index (χ3n) is 2.99. The van der Waals surface area contributed by atoms with Crippen molar-refractivity contribution in [1.29, 1.82) is 0 Å². The number of imidazole rings is 1. The largest absolute Gasteiger partial charge is 0.310 e. The second-order valence-corrected chi connectivity index (χ2v) is 5.08. The number of nitrogens with one attached hydrogen (secondary N) is 1. The smallest absolute Gasteiger partial charge is 0.138 e. The molecule has 0 saturated carbocycles. The number of pyridine rings is 1. The van der Waals surface area contributed by atoms with E-state index in [4.69, 9.17) is 0 Å². The SMILES string of the molecule is CCc1nccn1-c1cc(CNC(C)C)cc(C)n1. The molecule has 19 heavy (non-hydrogen) atoms. The van der Waals surface area contributed by atoms with Gasteiger partial charge in [-0.25, -0.2) is 9.97 Å². The van der Waals surface area contributed by atoms with Gasteiger partial charge in [-0.2, -0.15) is 0 Å². The van der Waals surface area contributed by atoms with E-state index in [0.29, 0.717) is 6.04 Å². The van der Waals surface area contributed by atoms with Crippen LogP contribution >= 0.6 is 0 Å². The summed E-state index contributed by atoms with van der Waals surface area (Å²) >= 11 is 0. The molecule has 0 fully saturated rings. The minimum absolute atomic E-state index is 0.483. The summed E-state index contributed by atoms with van der Waals surface area (Å²) in [5, 5.41) is 3.44. The van der Waals surface area contributed by atoms with Crippen LogP contribution in [0.4, 0.5) is 0 Å². The molecule has 0 amide bonds. The maximum absolute atomic E-state index is 4.61.